The molecular formula is C27H51N3O7. The van der Waals surface area contributed by atoms with E-state index in [1.54, 1.807) is 41.5 Å². The third-order valence-corrected chi connectivity index (χ3v) is 5.66. The van der Waals surface area contributed by atoms with Crippen molar-refractivity contribution >= 4 is 0 Å². The second kappa shape index (κ2) is 16.6. The van der Waals surface area contributed by atoms with Crippen molar-refractivity contribution in [2.24, 2.45) is 0 Å². The number of aliphatic hydroxyl groups is 6. The van der Waals surface area contributed by atoms with Crippen LogP contribution in [0.2, 0.25) is 0 Å². The molecule has 10 heteroatoms. The zero-order valence-electron chi connectivity index (χ0n) is 23.5. The largest absolute Gasteiger partial charge is 0.507 e. The average Bonchev–Trinajstić information content (AvgIpc) is 2.68. The molecule has 0 spiro atoms. The molecule has 0 aliphatic heterocycles. The van der Waals surface area contributed by atoms with Gasteiger partial charge in [-0.2, -0.15) is 0 Å². The first-order chi connectivity index (χ1) is 17.2. The standard InChI is InChI=1S/C27H51N3O7/c1-18(31)9-28(10-19(2)32)15-24-7-25(16-29(11-20(3)33)12-21(4)34)27(37)26(8-24)17-30(13-22(5)35)14-23(6)36/h7-8,18-23,31-37H,9-17H2,1-6H3. The van der Waals surface area contributed by atoms with Crippen molar-refractivity contribution < 1.29 is 35.7 Å². The van der Waals surface area contributed by atoms with Crippen LogP contribution < -0.4 is 0 Å². The third kappa shape index (κ3) is 14.4. The molecule has 6 atom stereocenters. The van der Waals surface area contributed by atoms with Gasteiger partial charge >= 0.3 is 0 Å². The van der Waals surface area contributed by atoms with Crippen molar-refractivity contribution in [1.29, 1.82) is 0 Å². The van der Waals surface area contributed by atoms with Crippen LogP contribution in [0.3, 0.4) is 0 Å². The summed E-state index contributed by atoms with van der Waals surface area (Å²) in [7, 11) is 0. The normalized spacial score (nSPS) is 17.3. The van der Waals surface area contributed by atoms with Gasteiger partial charge in [-0.1, -0.05) is 0 Å². The van der Waals surface area contributed by atoms with E-state index >= 15 is 0 Å². The summed E-state index contributed by atoms with van der Waals surface area (Å²) < 4.78 is 0. The van der Waals surface area contributed by atoms with Gasteiger partial charge in [-0.05, 0) is 59.2 Å². The Kier molecular flexibility index (Phi) is 15.1. The number of nitrogens with zero attached hydrogens (tertiary/aromatic N) is 3. The van der Waals surface area contributed by atoms with Gasteiger partial charge in [0, 0.05) is 70.0 Å². The summed E-state index contributed by atoms with van der Waals surface area (Å²) in [6, 6.07) is 3.75. The molecule has 0 fully saturated rings. The van der Waals surface area contributed by atoms with Crippen LogP contribution in [0.1, 0.15) is 58.2 Å². The van der Waals surface area contributed by atoms with E-state index in [-0.39, 0.29) is 5.75 Å². The molecular weight excluding hydrogens is 478 g/mol. The number of phenolic OH excluding ortho intramolecular Hbond substituents is 1. The van der Waals surface area contributed by atoms with Crippen LogP contribution >= 0.6 is 0 Å². The molecule has 0 bridgehead atoms. The molecule has 0 saturated heterocycles. The molecule has 1 rings (SSSR count). The molecule has 7 N–H and O–H groups in total. The second-order valence-electron chi connectivity index (χ2n) is 10.9. The van der Waals surface area contributed by atoms with Gasteiger partial charge in [-0.15, -0.1) is 0 Å². The van der Waals surface area contributed by atoms with E-state index in [2.05, 4.69) is 0 Å². The lowest BCUT2D eigenvalue weighted by Crippen LogP contribution is -2.37. The van der Waals surface area contributed by atoms with Gasteiger partial charge in [0.05, 0.1) is 36.6 Å². The highest BCUT2D eigenvalue weighted by molar-refractivity contribution is 5.44. The van der Waals surface area contributed by atoms with E-state index in [1.165, 1.54) is 0 Å². The Morgan fingerprint density at radius 2 is 0.730 bits per heavy atom. The van der Waals surface area contributed by atoms with Gasteiger partial charge in [0.2, 0.25) is 0 Å². The van der Waals surface area contributed by atoms with Crippen molar-refractivity contribution in [2.45, 2.75) is 97.8 Å². The lowest BCUT2D eigenvalue weighted by Gasteiger charge is -2.29. The van der Waals surface area contributed by atoms with Gasteiger partial charge in [0.1, 0.15) is 5.75 Å². The van der Waals surface area contributed by atoms with Crippen LogP contribution in [0, 0.1) is 0 Å². The minimum atomic E-state index is -0.622. The maximum absolute atomic E-state index is 11.3. The molecule has 1 aromatic rings. The van der Waals surface area contributed by atoms with Gasteiger partial charge < -0.3 is 35.7 Å². The van der Waals surface area contributed by atoms with E-state index in [1.807, 2.05) is 26.8 Å². The Balaban J connectivity index is 3.46. The van der Waals surface area contributed by atoms with Crippen LogP contribution in [0.25, 0.3) is 0 Å². The molecule has 37 heavy (non-hydrogen) atoms. The number of aromatic hydroxyl groups is 1. The zero-order chi connectivity index (χ0) is 28.3. The minimum Gasteiger partial charge on any atom is -0.507 e. The summed E-state index contributed by atoms with van der Waals surface area (Å²) >= 11 is 0. The highest BCUT2D eigenvalue weighted by Gasteiger charge is 2.21. The van der Waals surface area contributed by atoms with Crippen molar-refractivity contribution in [3.63, 3.8) is 0 Å². The van der Waals surface area contributed by atoms with Crippen LogP contribution in [0.5, 0.6) is 5.75 Å². The lowest BCUT2D eigenvalue weighted by atomic mass is 10.0. The van der Waals surface area contributed by atoms with Gasteiger partial charge in [-0.3, -0.25) is 14.7 Å². The van der Waals surface area contributed by atoms with Crippen LogP contribution in [-0.2, 0) is 19.6 Å². The maximum Gasteiger partial charge on any atom is 0.124 e. The first-order valence-corrected chi connectivity index (χ1v) is 13.2. The predicted molar refractivity (Wildman–Crippen MR) is 144 cm³/mol. The Morgan fingerprint density at radius 3 is 0.973 bits per heavy atom. The number of rotatable bonds is 18. The van der Waals surface area contributed by atoms with Crippen LogP contribution in [0.4, 0.5) is 0 Å². The first kappa shape index (κ1) is 33.7. The van der Waals surface area contributed by atoms with E-state index in [0.29, 0.717) is 70.0 Å². The molecule has 6 unspecified atom stereocenters. The highest BCUT2D eigenvalue weighted by Crippen LogP contribution is 2.29. The lowest BCUT2D eigenvalue weighted by molar-refractivity contribution is 0.0774. The Morgan fingerprint density at radius 1 is 0.486 bits per heavy atom. The monoisotopic (exact) mass is 529 g/mol. The molecule has 0 amide bonds. The van der Waals surface area contributed by atoms with Crippen molar-refractivity contribution in [3.8, 4) is 5.75 Å². The molecule has 0 aliphatic carbocycles. The van der Waals surface area contributed by atoms with Crippen molar-refractivity contribution in [1.82, 2.24) is 14.7 Å². The zero-order valence-corrected chi connectivity index (χ0v) is 23.5. The highest BCUT2D eigenvalue weighted by atomic mass is 16.3. The topological polar surface area (TPSA) is 151 Å². The van der Waals surface area contributed by atoms with Gasteiger partial charge in [0.15, 0.2) is 0 Å². The van der Waals surface area contributed by atoms with Gasteiger partial charge in [-0.25, -0.2) is 0 Å². The van der Waals surface area contributed by atoms with E-state index in [4.69, 9.17) is 0 Å². The summed E-state index contributed by atoms with van der Waals surface area (Å²) in [5, 5.41) is 71.1. The van der Waals surface area contributed by atoms with Gasteiger partial charge in [0.25, 0.3) is 0 Å². The summed E-state index contributed by atoms with van der Waals surface area (Å²) in [4.78, 5) is 5.71. The number of phenols is 1. The maximum atomic E-state index is 11.3. The van der Waals surface area contributed by atoms with E-state index < -0.39 is 36.6 Å². The smallest absolute Gasteiger partial charge is 0.124 e. The number of hydrogen-bond acceptors (Lipinski definition) is 10. The fourth-order valence-corrected chi connectivity index (χ4v) is 4.76. The molecule has 216 valence electrons. The molecule has 0 saturated carbocycles. The van der Waals surface area contributed by atoms with Crippen LogP contribution in [0.15, 0.2) is 12.1 Å². The quantitative estimate of drug-likeness (QED) is 0.139. The fraction of sp³-hybridized carbons (Fsp3) is 0.778. The summed E-state index contributed by atoms with van der Waals surface area (Å²) in [6.07, 6.45) is -3.66. The fourth-order valence-electron chi connectivity index (χ4n) is 4.76. The van der Waals surface area contributed by atoms with Crippen LogP contribution in [-0.4, -0.2) is 126 Å². The third-order valence-electron chi connectivity index (χ3n) is 5.66. The van der Waals surface area contributed by atoms with E-state index in [9.17, 15) is 35.7 Å². The average molecular weight is 530 g/mol. The van der Waals surface area contributed by atoms with Crippen molar-refractivity contribution in [2.75, 3.05) is 39.3 Å². The SMILES string of the molecule is CC(O)CN(Cc1cc(CN(CC(C)O)CC(C)O)c(O)c(CN(CC(C)O)CC(C)O)c1)CC(C)O. The number of hydrogen-bond donors (Lipinski definition) is 7. The molecule has 0 heterocycles. The molecule has 0 radical (unpaired) electrons. The summed E-state index contributed by atoms with van der Waals surface area (Å²) in [6.45, 7) is 13.1. The number of benzene rings is 1. The molecule has 1 aromatic carbocycles. The molecule has 0 aliphatic rings. The first-order valence-electron chi connectivity index (χ1n) is 13.2. The Bertz CT molecular complexity index is 695. The minimum absolute atomic E-state index is 0.0868. The predicted octanol–water partition coefficient (Wildman–Crippen LogP) is 0.0830. The van der Waals surface area contributed by atoms with E-state index in [0.717, 1.165) is 5.56 Å². The summed E-state index contributed by atoms with van der Waals surface area (Å²) in [5.41, 5.74) is 2.11. The second-order valence-corrected chi connectivity index (χ2v) is 10.9. The summed E-state index contributed by atoms with van der Waals surface area (Å²) in [5.74, 6) is 0.0868. The van der Waals surface area contributed by atoms with Crippen molar-refractivity contribution in [3.05, 3.63) is 28.8 Å². The Labute approximate surface area is 222 Å². The molecule has 10 nitrogen and oxygen atoms in total. The Hall–Kier alpha value is -1.34. The molecule has 0 aromatic heterocycles. The number of aliphatic hydroxyl groups excluding tert-OH is 6.